The van der Waals surface area contributed by atoms with E-state index in [0.717, 1.165) is 22.5 Å². The first-order valence-corrected chi connectivity index (χ1v) is 11.2. The van der Waals surface area contributed by atoms with Crippen LogP contribution >= 0.6 is 0 Å². The van der Waals surface area contributed by atoms with E-state index in [1.807, 2.05) is 102 Å². The second-order valence-electron chi connectivity index (χ2n) is 10.7. The fraction of sp³-hybridized carbons (Fsp3) is 0.481. The molecule has 5 nitrogen and oxygen atoms in total. The summed E-state index contributed by atoms with van der Waals surface area (Å²) in [4.78, 5) is 30.0. The highest BCUT2D eigenvalue weighted by Crippen LogP contribution is 2.32. The molecule has 0 heterocycles. The third-order valence-corrected chi connectivity index (χ3v) is 5.49. The molecule has 0 aliphatic rings. The van der Waals surface area contributed by atoms with Crippen molar-refractivity contribution < 1.29 is 9.59 Å². The normalized spacial score (nSPS) is 12.8. The highest BCUT2D eigenvalue weighted by molar-refractivity contribution is 5.94. The molecule has 0 saturated carbocycles. The first-order valence-electron chi connectivity index (χ1n) is 11.2. The average molecular weight is 438 g/mol. The second-order valence-corrected chi connectivity index (χ2v) is 10.7. The zero-order valence-electron chi connectivity index (χ0n) is 21.1. The van der Waals surface area contributed by atoms with Crippen LogP contribution in [0.1, 0.15) is 65.6 Å². The summed E-state index contributed by atoms with van der Waals surface area (Å²) in [6.45, 7) is 14.0. The summed E-state index contributed by atoms with van der Waals surface area (Å²) in [5, 5.41) is 3.02. The van der Waals surface area contributed by atoms with Crippen molar-refractivity contribution in [3.05, 3.63) is 59.7 Å². The van der Waals surface area contributed by atoms with E-state index in [4.69, 9.17) is 0 Å². The molecule has 0 radical (unpaired) electrons. The van der Waals surface area contributed by atoms with Crippen LogP contribution in [-0.2, 0) is 16.1 Å². The van der Waals surface area contributed by atoms with Crippen LogP contribution in [0.15, 0.2) is 48.5 Å². The number of nitrogens with zero attached hydrogens (tertiary/aromatic N) is 2. The van der Waals surface area contributed by atoms with E-state index in [0.29, 0.717) is 6.54 Å². The van der Waals surface area contributed by atoms with Gasteiger partial charge in [0.25, 0.3) is 0 Å². The average Bonchev–Trinajstić information content (AvgIpc) is 2.70. The Morgan fingerprint density at radius 1 is 0.906 bits per heavy atom. The Morgan fingerprint density at radius 3 is 2.00 bits per heavy atom. The molecule has 0 aliphatic carbocycles. The van der Waals surface area contributed by atoms with Crippen molar-refractivity contribution in [3.63, 3.8) is 0 Å². The molecule has 0 aliphatic heterocycles. The van der Waals surface area contributed by atoms with Gasteiger partial charge in [0.2, 0.25) is 11.8 Å². The quantitative estimate of drug-likeness (QED) is 0.615. The SMILES string of the molecule is C[C@@H](c1ccccc1)N(Cc1cc(NC(=O)C(C)(C)C)ccc1N(C)C)C(=O)C(C)(C)C. The van der Waals surface area contributed by atoms with Crippen molar-refractivity contribution in [2.24, 2.45) is 10.8 Å². The van der Waals surface area contributed by atoms with Crippen LogP contribution in [0, 0.1) is 10.8 Å². The molecule has 2 rings (SSSR count). The van der Waals surface area contributed by atoms with E-state index in [1.54, 1.807) is 0 Å². The summed E-state index contributed by atoms with van der Waals surface area (Å²) in [7, 11) is 3.98. The number of carbonyl (C=O) groups excluding carboxylic acids is 2. The lowest BCUT2D eigenvalue weighted by Gasteiger charge is -2.36. The van der Waals surface area contributed by atoms with E-state index in [2.05, 4.69) is 24.4 Å². The lowest BCUT2D eigenvalue weighted by molar-refractivity contribution is -0.142. The number of rotatable bonds is 6. The number of amides is 2. The smallest absolute Gasteiger partial charge is 0.229 e. The summed E-state index contributed by atoms with van der Waals surface area (Å²) in [6.07, 6.45) is 0. The Balaban J connectivity index is 2.49. The minimum Gasteiger partial charge on any atom is -0.377 e. The third kappa shape index (κ3) is 6.35. The van der Waals surface area contributed by atoms with Crippen LogP contribution in [0.4, 0.5) is 11.4 Å². The van der Waals surface area contributed by atoms with Crippen molar-refractivity contribution in [1.29, 1.82) is 0 Å². The molecule has 0 bridgehead atoms. The highest BCUT2D eigenvalue weighted by atomic mass is 16.2. The number of nitrogens with one attached hydrogen (secondary N) is 1. The Morgan fingerprint density at radius 2 is 1.50 bits per heavy atom. The van der Waals surface area contributed by atoms with Crippen LogP contribution < -0.4 is 10.2 Å². The molecule has 1 N–H and O–H groups in total. The lowest BCUT2D eigenvalue weighted by atomic mass is 9.92. The summed E-state index contributed by atoms with van der Waals surface area (Å²) in [6, 6.07) is 15.9. The summed E-state index contributed by atoms with van der Waals surface area (Å²) in [5.74, 6) is 0.0454. The second kappa shape index (κ2) is 9.76. The number of hydrogen-bond donors (Lipinski definition) is 1. The summed E-state index contributed by atoms with van der Waals surface area (Å²) in [5.41, 5.74) is 2.83. The lowest BCUT2D eigenvalue weighted by Crippen LogP contribution is -2.41. The first-order chi connectivity index (χ1) is 14.7. The van der Waals surface area contributed by atoms with Gasteiger partial charge in [-0.25, -0.2) is 0 Å². The fourth-order valence-electron chi connectivity index (χ4n) is 3.46. The van der Waals surface area contributed by atoms with E-state index in [1.165, 1.54) is 0 Å². The van der Waals surface area contributed by atoms with Crippen molar-refractivity contribution in [2.45, 2.75) is 61.1 Å². The Bertz CT molecular complexity index is 938. The Kier molecular flexibility index (Phi) is 7.76. The van der Waals surface area contributed by atoms with Crippen LogP contribution in [0.25, 0.3) is 0 Å². The number of carbonyl (C=O) groups is 2. The van der Waals surface area contributed by atoms with Crippen LogP contribution in [0.5, 0.6) is 0 Å². The molecule has 0 saturated heterocycles. The van der Waals surface area contributed by atoms with Crippen molar-refractivity contribution in [2.75, 3.05) is 24.3 Å². The van der Waals surface area contributed by atoms with Gasteiger partial charge in [0.05, 0.1) is 6.04 Å². The monoisotopic (exact) mass is 437 g/mol. The molecule has 2 amide bonds. The van der Waals surface area contributed by atoms with Gasteiger partial charge in [0.15, 0.2) is 0 Å². The zero-order valence-corrected chi connectivity index (χ0v) is 21.1. The van der Waals surface area contributed by atoms with Crippen molar-refractivity contribution >= 4 is 23.2 Å². The molecule has 0 aromatic heterocycles. The molecule has 0 fully saturated rings. The summed E-state index contributed by atoms with van der Waals surface area (Å²) >= 11 is 0. The Hall–Kier alpha value is -2.82. The van der Waals surface area contributed by atoms with Gasteiger partial charge in [-0.05, 0) is 36.2 Å². The number of hydrogen-bond acceptors (Lipinski definition) is 3. The minimum absolute atomic E-state index is 0.0404. The maximum Gasteiger partial charge on any atom is 0.229 e. The number of anilines is 2. The Labute approximate surface area is 193 Å². The maximum absolute atomic E-state index is 13.5. The molecule has 2 aromatic carbocycles. The minimum atomic E-state index is -0.515. The zero-order chi connectivity index (χ0) is 24.3. The van der Waals surface area contributed by atoms with E-state index < -0.39 is 10.8 Å². The van der Waals surface area contributed by atoms with Crippen LogP contribution in [0.2, 0.25) is 0 Å². The first kappa shape index (κ1) is 25.4. The van der Waals surface area contributed by atoms with Gasteiger partial charge in [-0.15, -0.1) is 0 Å². The van der Waals surface area contributed by atoms with Gasteiger partial charge in [-0.1, -0.05) is 71.9 Å². The maximum atomic E-state index is 13.5. The predicted octanol–water partition coefficient (Wildman–Crippen LogP) is 5.87. The topological polar surface area (TPSA) is 52.7 Å². The standard InChI is InChI=1S/C27H39N3O2/c1-19(20-13-11-10-12-14-20)30(25(32)27(5,6)7)18-21-17-22(15-16-23(21)29(8)9)28-24(31)26(2,3)4/h10-17,19H,18H2,1-9H3,(H,28,31)/t19-/m0/s1. The third-order valence-electron chi connectivity index (χ3n) is 5.49. The van der Waals surface area contributed by atoms with Gasteiger partial charge in [-0.3, -0.25) is 9.59 Å². The van der Waals surface area contributed by atoms with Gasteiger partial charge in [0, 0.05) is 42.8 Å². The van der Waals surface area contributed by atoms with Crippen molar-refractivity contribution in [3.8, 4) is 0 Å². The molecule has 0 unspecified atom stereocenters. The van der Waals surface area contributed by atoms with Gasteiger partial charge in [0.1, 0.15) is 0 Å². The molecule has 174 valence electrons. The largest absolute Gasteiger partial charge is 0.377 e. The molecule has 0 spiro atoms. The predicted molar refractivity (Wildman–Crippen MR) is 134 cm³/mol. The molecule has 32 heavy (non-hydrogen) atoms. The molecular formula is C27H39N3O2. The van der Waals surface area contributed by atoms with Gasteiger partial charge < -0.3 is 15.1 Å². The molecular weight excluding hydrogens is 398 g/mol. The van der Waals surface area contributed by atoms with E-state index in [9.17, 15) is 9.59 Å². The van der Waals surface area contributed by atoms with Crippen LogP contribution in [-0.4, -0.2) is 30.8 Å². The van der Waals surface area contributed by atoms with Gasteiger partial charge in [-0.2, -0.15) is 0 Å². The molecule has 2 aromatic rings. The molecule has 1 atom stereocenters. The fourth-order valence-corrected chi connectivity index (χ4v) is 3.46. The van der Waals surface area contributed by atoms with E-state index in [-0.39, 0.29) is 17.9 Å². The highest BCUT2D eigenvalue weighted by Gasteiger charge is 2.31. The van der Waals surface area contributed by atoms with Gasteiger partial charge >= 0.3 is 0 Å². The number of benzene rings is 2. The molecule has 5 heteroatoms. The summed E-state index contributed by atoms with van der Waals surface area (Å²) < 4.78 is 0. The van der Waals surface area contributed by atoms with Crippen molar-refractivity contribution in [1.82, 2.24) is 4.90 Å². The van der Waals surface area contributed by atoms with Crippen LogP contribution in [0.3, 0.4) is 0 Å². The van der Waals surface area contributed by atoms with E-state index >= 15 is 0 Å².